The summed E-state index contributed by atoms with van der Waals surface area (Å²) in [6.45, 7) is 3.81. The average molecular weight is 463 g/mol. The molecule has 31 heavy (non-hydrogen) atoms. The Balaban J connectivity index is 5.20. The van der Waals surface area contributed by atoms with Crippen molar-refractivity contribution in [2.45, 2.75) is 63.7 Å². The van der Waals surface area contributed by atoms with Crippen LogP contribution in [0.15, 0.2) is 0 Å². The molecule has 0 radical (unpaired) electrons. The summed E-state index contributed by atoms with van der Waals surface area (Å²) >= 11 is 4.02. The molecule has 13 heteroatoms. The van der Waals surface area contributed by atoms with Crippen LogP contribution in [0.1, 0.15) is 39.5 Å². The highest BCUT2D eigenvalue weighted by atomic mass is 32.1. The van der Waals surface area contributed by atoms with Crippen molar-refractivity contribution in [3.8, 4) is 0 Å². The fourth-order valence-electron chi connectivity index (χ4n) is 2.47. The molecule has 0 saturated heterocycles. The van der Waals surface area contributed by atoms with Gasteiger partial charge in [-0.3, -0.25) is 19.2 Å². The van der Waals surface area contributed by atoms with E-state index in [9.17, 15) is 29.1 Å². The summed E-state index contributed by atoms with van der Waals surface area (Å²) in [5.41, 5.74) is 16.3. The molecule has 0 aromatic carbocycles. The highest BCUT2D eigenvalue weighted by Crippen LogP contribution is 2.04. The number of amides is 4. The zero-order valence-corrected chi connectivity index (χ0v) is 18.7. The molecule has 0 aromatic rings. The second-order valence-corrected chi connectivity index (χ2v) is 7.79. The summed E-state index contributed by atoms with van der Waals surface area (Å²) in [6.07, 6.45) is 0.743. The maximum absolute atomic E-state index is 12.6. The lowest BCUT2D eigenvalue weighted by Crippen LogP contribution is -2.58. The minimum atomic E-state index is -1.36. The molecule has 0 aliphatic heterocycles. The third-order valence-electron chi connectivity index (χ3n) is 4.44. The van der Waals surface area contributed by atoms with Gasteiger partial charge >= 0.3 is 5.97 Å². The van der Waals surface area contributed by atoms with Crippen LogP contribution in [0.2, 0.25) is 0 Å². The Morgan fingerprint density at radius 2 is 1.42 bits per heavy atom. The van der Waals surface area contributed by atoms with E-state index in [2.05, 4.69) is 28.6 Å². The Labute approximate surface area is 186 Å². The van der Waals surface area contributed by atoms with E-state index in [0.717, 1.165) is 0 Å². The molecule has 12 nitrogen and oxygen atoms in total. The number of aliphatic carboxylic acids is 1. The van der Waals surface area contributed by atoms with Gasteiger partial charge in [0.2, 0.25) is 23.6 Å². The number of hydrogen-bond acceptors (Lipinski definition) is 8. The molecule has 0 aliphatic rings. The van der Waals surface area contributed by atoms with Gasteiger partial charge in [0, 0.05) is 5.75 Å². The lowest BCUT2D eigenvalue weighted by Gasteiger charge is -2.24. The Kier molecular flexibility index (Phi) is 13.5. The van der Waals surface area contributed by atoms with E-state index < -0.39 is 60.2 Å². The number of carboxylic acid groups (broad SMARTS) is 1. The third kappa shape index (κ3) is 11.0. The first kappa shape index (κ1) is 28.6. The van der Waals surface area contributed by atoms with Crippen molar-refractivity contribution in [2.75, 3.05) is 12.3 Å². The number of carbonyl (C=O) groups is 5. The molecule has 178 valence electrons. The SMILES string of the molecule is CC(C)C(N)C(=O)NC(CC(N)=O)C(=O)NC(CS)C(=O)NC(CCCCN)C(=O)O. The normalized spacial score (nSPS) is 14.8. The molecule has 0 aliphatic carbocycles. The Hall–Kier alpha value is -2.38. The first-order valence-electron chi connectivity index (χ1n) is 9.93. The minimum Gasteiger partial charge on any atom is -0.480 e. The zero-order valence-electron chi connectivity index (χ0n) is 17.8. The Morgan fingerprint density at radius 3 is 1.87 bits per heavy atom. The molecule has 0 bridgehead atoms. The van der Waals surface area contributed by atoms with Crippen molar-refractivity contribution in [1.29, 1.82) is 0 Å². The van der Waals surface area contributed by atoms with E-state index in [0.29, 0.717) is 19.4 Å². The van der Waals surface area contributed by atoms with E-state index in [4.69, 9.17) is 17.2 Å². The van der Waals surface area contributed by atoms with E-state index in [1.807, 2.05) is 0 Å². The van der Waals surface area contributed by atoms with Crippen LogP contribution in [0.5, 0.6) is 0 Å². The van der Waals surface area contributed by atoms with Gasteiger partial charge < -0.3 is 38.3 Å². The van der Waals surface area contributed by atoms with Crippen molar-refractivity contribution in [3.05, 3.63) is 0 Å². The standard InChI is InChI=1S/C18H34N6O6S/c1-9(2)14(21)17(28)23-11(7-13(20)25)15(26)24-12(8-31)16(27)22-10(18(29)30)5-3-4-6-19/h9-12,14,31H,3-8,19,21H2,1-2H3,(H2,20,25)(H,22,27)(H,23,28)(H,24,26)(H,29,30). The van der Waals surface area contributed by atoms with Crippen LogP contribution >= 0.6 is 12.6 Å². The maximum atomic E-state index is 12.6. The maximum Gasteiger partial charge on any atom is 0.326 e. The second kappa shape index (κ2) is 14.6. The van der Waals surface area contributed by atoms with Crippen LogP contribution in [-0.2, 0) is 24.0 Å². The lowest BCUT2D eigenvalue weighted by molar-refractivity contribution is -0.142. The molecule has 0 heterocycles. The molecule has 0 spiro atoms. The predicted molar refractivity (Wildman–Crippen MR) is 117 cm³/mol. The Morgan fingerprint density at radius 1 is 0.903 bits per heavy atom. The number of carboxylic acids is 1. The van der Waals surface area contributed by atoms with Gasteiger partial charge in [0.1, 0.15) is 18.1 Å². The molecule has 4 atom stereocenters. The zero-order chi connectivity index (χ0) is 24.1. The monoisotopic (exact) mass is 462 g/mol. The van der Waals surface area contributed by atoms with Crippen LogP contribution in [0.4, 0.5) is 0 Å². The van der Waals surface area contributed by atoms with Crippen LogP contribution in [0.25, 0.3) is 0 Å². The highest BCUT2D eigenvalue weighted by molar-refractivity contribution is 7.80. The van der Waals surface area contributed by atoms with Crippen LogP contribution in [0, 0.1) is 5.92 Å². The topological polar surface area (TPSA) is 220 Å². The van der Waals surface area contributed by atoms with Crippen LogP contribution in [0.3, 0.4) is 0 Å². The summed E-state index contributed by atoms with van der Waals surface area (Å²) in [5, 5.41) is 16.3. The third-order valence-corrected chi connectivity index (χ3v) is 4.80. The number of rotatable bonds is 15. The average Bonchev–Trinajstić information content (AvgIpc) is 2.69. The number of primary amides is 1. The van der Waals surface area contributed by atoms with Gasteiger partial charge in [0.05, 0.1) is 12.5 Å². The molecule has 4 unspecified atom stereocenters. The summed E-state index contributed by atoms with van der Waals surface area (Å²) in [4.78, 5) is 59.9. The summed E-state index contributed by atoms with van der Waals surface area (Å²) in [5.74, 6) is -4.74. The van der Waals surface area contributed by atoms with E-state index in [-0.39, 0.29) is 18.1 Å². The predicted octanol–water partition coefficient (Wildman–Crippen LogP) is -2.56. The van der Waals surface area contributed by atoms with E-state index >= 15 is 0 Å². The molecular weight excluding hydrogens is 428 g/mol. The van der Waals surface area contributed by atoms with Gasteiger partial charge in [0.15, 0.2) is 0 Å². The van der Waals surface area contributed by atoms with Gasteiger partial charge in [-0.1, -0.05) is 13.8 Å². The first-order chi connectivity index (χ1) is 14.4. The van der Waals surface area contributed by atoms with E-state index in [1.54, 1.807) is 13.8 Å². The Bertz CT molecular complexity index is 647. The number of hydrogen-bond donors (Lipinski definition) is 8. The fraction of sp³-hybridized carbons (Fsp3) is 0.722. The largest absolute Gasteiger partial charge is 0.480 e. The highest BCUT2D eigenvalue weighted by Gasteiger charge is 2.30. The number of nitrogens with two attached hydrogens (primary N) is 3. The van der Waals surface area contributed by atoms with Gasteiger partial charge in [0.25, 0.3) is 0 Å². The molecular formula is C18H34N6O6S. The van der Waals surface area contributed by atoms with Gasteiger partial charge in [-0.2, -0.15) is 12.6 Å². The first-order valence-corrected chi connectivity index (χ1v) is 10.6. The number of thiol groups is 1. The second-order valence-electron chi connectivity index (χ2n) is 7.43. The van der Waals surface area contributed by atoms with Crippen molar-refractivity contribution in [2.24, 2.45) is 23.1 Å². The smallest absolute Gasteiger partial charge is 0.326 e. The molecule has 0 fully saturated rings. The van der Waals surface area contributed by atoms with Crippen molar-refractivity contribution in [1.82, 2.24) is 16.0 Å². The number of unbranched alkanes of at least 4 members (excludes halogenated alkanes) is 1. The summed E-state index contributed by atoms with van der Waals surface area (Å²) in [6, 6.07) is -4.65. The molecule has 0 aromatic heterocycles. The number of nitrogens with one attached hydrogen (secondary N) is 3. The quantitative estimate of drug-likeness (QED) is 0.0953. The van der Waals surface area contributed by atoms with Gasteiger partial charge in [-0.15, -0.1) is 0 Å². The fourth-order valence-corrected chi connectivity index (χ4v) is 2.73. The van der Waals surface area contributed by atoms with Crippen molar-refractivity contribution < 1.29 is 29.1 Å². The molecule has 4 amide bonds. The van der Waals surface area contributed by atoms with Gasteiger partial charge in [-0.05, 0) is 31.7 Å². The lowest BCUT2D eigenvalue weighted by atomic mass is 10.0. The molecule has 10 N–H and O–H groups in total. The van der Waals surface area contributed by atoms with Crippen LogP contribution < -0.4 is 33.2 Å². The van der Waals surface area contributed by atoms with Crippen molar-refractivity contribution in [3.63, 3.8) is 0 Å². The summed E-state index contributed by atoms with van der Waals surface area (Å²) < 4.78 is 0. The summed E-state index contributed by atoms with van der Waals surface area (Å²) in [7, 11) is 0. The van der Waals surface area contributed by atoms with Gasteiger partial charge in [-0.25, -0.2) is 4.79 Å². The van der Waals surface area contributed by atoms with Crippen LogP contribution in [-0.4, -0.2) is 71.2 Å². The van der Waals surface area contributed by atoms with Crippen molar-refractivity contribution >= 4 is 42.2 Å². The minimum absolute atomic E-state index is 0.157. The molecule has 0 saturated carbocycles. The van der Waals surface area contributed by atoms with E-state index in [1.165, 1.54) is 0 Å². The number of carbonyl (C=O) groups excluding carboxylic acids is 4. The molecule has 0 rings (SSSR count).